The van der Waals surface area contributed by atoms with Crippen molar-refractivity contribution in [1.82, 2.24) is 34.7 Å². The van der Waals surface area contributed by atoms with Gasteiger partial charge in [-0.25, -0.2) is 18.7 Å². The van der Waals surface area contributed by atoms with Crippen LogP contribution >= 0.6 is 0 Å². The van der Waals surface area contributed by atoms with E-state index in [2.05, 4.69) is 41.2 Å². The molecule has 12 nitrogen and oxygen atoms in total. The van der Waals surface area contributed by atoms with Gasteiger partial charge in [0.2, 0.25) is 0 Å². The fraction of sp³-hybridized carbons (Fsp3) is 0.519. The van der Waals surface area contributed by atoms with Gasteiger partial charge in [0, 0.05) is 50.5 Å². The van der Waals surface area contributed by atoms with Crippen molar-refractivity contribution in [2.45, 2.75) is 56.7 Å². The van der Waals surface area contributed by atoms with E-state index in [1.807, 2.05) is 27.2 Å². The van der Waals surface area contributed by atoms with Crippen molar-refractivity contribution in [2.24, 2.45) is 0 Å². The lowest BCUT2D eigenvalue weighted by Gasteiger charge is -2.31. The monoisotopic (exact) mass is 552 g/mol. The van der Waals surface area contributed by atoms with Gasteiger partial charge in [-0.2, -0.15) is 0 Å². The molecule has 0 aromatic carbocycles. The third-order valence-corrected chi connectivity index (χ3v) is 7.29. The van der Waals surface area contributed by atoms with Gasteiger partial charge in [-0.1, -0.05) is 0 Å². The molecular formula is C27H37FN10O2. The number of rotatable bonds is 10. The summed E-state index contributed by atoms with van der Waals surface area (Å²) in [4.78, 5) is 37.5. The molecule has 0 radical (unpaired) electrons. The molecule has 3 aromatic heterocycles. The van der Waals surface area contributed by atoms with E-state index in [0.717, 1.165) is 57.0 Å². The van der Waals surface area contributed by atoms with Crippen molar-refractivity contribution in [3.05, 3.63) is 42.2 Å². The van der Waals surface area contributed by atoms with E-state index in [0.29, 0.717) is 24.1 Å². The minimum Gasteiger partial charge on any atom is -0.379 e. The van der Waals surface area contributed by atoms with Crippen LogP contribution in [-0.4, -0.2) is 93.7 Å². The Bertz CT molecular complexity index is 1350. The van der Waals surface area contributed by atoms with Crippen LogP contribution in [0.3, 0.4) is 0 Å². The minimum atomic E-state index is -0.622. The standard InChI is InChI=1S/C27H37FN10O2/c1-36(2)12-13-37(3)27(40)33-19-8-6-18(7-9-19)32-24-14-22(31-17-4-5-17)25-30-16-23(38(25)35-24)26(39)34-21-10-11-29-15-20(21)28/h10-11,14-19,31H,4-9,12-13H2,1-3H3,(H,32,35)(H,33,40)(H,29,34,39)/t18-,19-. The topological polar surface area (TPSA) is 132 Å². The summed E-state index contributed by atoms with van der Waals surface area (Å²) in [6, 6.07) is 3.96. The van der Waals surface area contributed by atoms with E-state index < -0.39 is 11.7 Å². The minimum absolute atomic E-state index is 0.0355. The number of imidazole rings is 1. The molecule has 2 fully saturated rings. The van der Waals surface area contributed by atoms with Crippen LogP contribution in [0.15, 0.2) is 30.7 Å². The molecule has 0 saturated heterocycles. The van der Waals surface area contributed by atoms with Gasteiger partial charge in [0.05, 0.1) is 23.8 Å². The Balaban J connectivity index is 1.25. The molecular weight excluding hydrogens is 515 g/mol. The molecule has 2 aliphatic rings. The molecule has 3 aromatic rings. The van der Waals surface area contributed by atoms with Gasteiger partial charge in [0.15, 0.2) is 17.2 Å². The fourth-order valence-electron chi connectivity index (χ4n) is 4.74. The number of likely N-dealkylation sites (N-methyl/N-ethyl adjacent to an activating group) is 2. The Kier molecular flexibility index (Phi) is 8.29. The van der Waals surface area contributed by atoms with Crippen LogP contribution < -0.4 is 21.3 Å². The third-order valence-electron chi connectivity index (χ3n) is 7.29. The van der Waals surface area contributed by atoms with Gasteiger partial charge in [-0.05, 0) is 58.7 Å². The van der Waals surface area contributed by atoms with E-state index in [4.69, 9.17) is 0 Å². The highest BCUT2D eigenvalue weighted by molar-refractivity contribution is 6.03. The highest BCUT2D eigenvalue weighted by atomic mass is 19.1. The maximum absolute atomic E-state index is 14.1. The van der Waals surface area contributed by atoms with Gasteiger partial charge < -0.3 is 31.1 Å². The van der Waals surface area contributed by atoms with E-state index in [9.17, 15) is 14.0 Å². The van der Waals surface area contributed by atoms with Crippen molar-refractivity contribution < 1.29 is 14.0 Å². The number of hydrogen-bond acceptors (Lipinski definition) is 8. The van der Waals surface area contributed by atoms with Crippen molar-refractivity contribution in [3.8, 4) is 0 Å². The Labute approximate surface area is 232 Å². The average Bonchev–Trinajstić information content (AvgIpc) is 3.64. The number of hydrogen-bond donors (Lipinski definition) is 4. The number of nitrogens with zero attached hydrogens (tertiary/aromatic N) is 6. The Morgan fingerprint density at radius 3 is 2.38 bits per heavy atom. The number of pyridine rings is 1. The first-order valence-corrected chi connectivity index (χ1v) is 13.8. The lowest BCUT2D eigenvalue weighted by atomic mass is 9.91. The van der Waals surface area contributed by atoms with Crippen molar-refractivity contribution >= 4 is 34.8 Å². The fourth-order valence-corrected chi connectivity index (χ4v) is 4.74. The summed E-state index contributed by atoms with van der Waals surface area (Å²) < 4.78 is 15.6. The molecule has 2 aliphatic carbocycles. The first-order chi connectivity index (χ1) is 19.3. The summed E-state index contributed by atoms with van der Waals surface area (Å²) in [5.74, 6) is -0.525. The predicted octanol–water partition coefficient (Wildman–Crippen LogP) is 3.02. The molecule has 0 unspecified atom stereocenters. The maximum atomic E-state index is 14.1. The Hall–Kier alpha value is -4.00. The van der Waals surface area contributed by atoms with E-state index in [-0.39, 0.29) is 29.5 Å². The molecule has 0 bridgehead atoms. The lowest BCUT2D eigenvalue weighted by molar-refractivity contribution is 0.102. The number of fused-ring (bicyclic) bond motifs is 1. The van der Waals surface area contributed by atoms with E-state index in [1.54, 1.807) is 4.90 Å². The highest BCUT2D eigenvalue weighted by Gasteiger charge is 2.27. The molecule has 214 valence electrons. The number of amides is 3. The quantitative estimate of drug-likeness (QED) is 0.302. The molecule has 13 heteroatoms. The van der Waals surface area contributed by atoms with Gasteiger partial charge in [-0.15, -0.1) is 5.10 Å². The van der Waals surface area contributed by atoms with Crippen molar-refractivity contribution in [1.29, 1.82) is 0 Å². The third kappa shape index (κ3) is 6.76. The summed E-state index contributed by atoms with van der Waals surface area (Å²) in [5, 5.41) is 17.4. The van der Waals surface area contributed by atoms with Crippen LogP contribution in [-0.2, 0) is 0 Å². The van der Waals surface area contributed by atoms with Gasteiger partial charge in [0.1, 0.15) is 5.82 Å². The lowest BCUT2D eigenvalue weighted by Crippen LogP contribution is -2.47. The molecule has 2 saturated carbocycles. The average molecular weight is 553 g/mol. The van der Waals surface area contributed by atoms with E-state index in [1.165, 1.54) is 23.0 Å². The molecule has 4 N–H and O–H groups in total. The molecule has 40 heavy (non-hydrogen) atoms. The van der Waals surface area contributed by atoms with Gasteiger partial charge in [0.25, 0.3) is 5.91 Å². The molecule has 3 amide bonds. The number of halogens is 1. The summed E-state index contributed by atoms with van der Waals surface area (Å²) >= 11 is 0. The van der Waals surface area contributed by atoms with E-state index >= 15 is 0 Å². The molecule has 0 atom stereocenters. The zero-order valence-electron chi connectivity index (χ0n) is 23.2. The SMILES string of the molecule is CN(C)CCN(C)C(=O)N[C@H]1CC[C@H](Nc2cc(NC3CC3)c3ncc(C(=O)Nc4ccncc4F)n3n2)CC1. The predicted molar refractivity (Wildman–Crippen MR) is 151 cm³/mol. The first kappa shape index (κ1) is 27.6. The maximum Gasteiger partial charge on any atom is 0.317 e. The van der Waals surface area contributed by atoms with Crippen LogP contribution in [0.5, 0.6) is 0 Å². The van der Waals surface area contributed by atoms with Crippen LogP contribution in [0.4, 0.5) is 26.4 Å². The summed E-state index contributed by atoms with van der Waals surface area (Å²) in [6.07, 6.45) is 9.51. The number of urea groups is 1. The number of carbonyl (C=O) groups excluding carboxylic acids is 2. The summed E-state index contributed by atoms with van der Waals surface area (Å²) in [5.41, 5.74) is 1.55. The Morgan fingerprint density at radius 1 is 0.975 bits per heavy atom. The van der Waals surface area contributed by atoms with Crippen LogP contribution in [0.1, 0.15) is 49.0 Å². The van der Waals surface area contributed by atoms with Gasteiger partial charge >= 0.3 is 6.03 Å². The number of carbonyl (C=O) groups is 2. The second kappa shape index (κ2) is 12.0. The summed E-state index contributed by atoms with van der Waals surface area (Å²) in [7, 11) is 5.80. The second-order valence-electron chi connectivity index (χ2n) is 10.9. The summed E-state index contributed by atoms with van der Waals surface area (Å²) in [6.45, 7) is 1.49. The molecule has 0 spiro atoms. The van der Waals surface area contributed by atoms with Gasteiger partial charge in [-0.3, -0.25) is 9.78 Å². The zero-order chi connectivity index (χ0) is 28.2. The van der Waals surface area contributed by atoms with Crippen LogP contribution in [0, 0.1) is 5.82 Å². The van der Waals surface area contributed by atoms with Crippen molar-refractivity contribution in [2.75, 3.05) is 50.2 Å². The smallest absolute Gasteiger partial charge is 0.317 e. The first-order valence-electron chi connectivity index (χ1n) is 13.8. The molecule has 3 heterocycles. The van der Waals surface area contributed by atoms with Crippen LogP contribution in [0.25, 0.3) is 5.65 Å². The zero-order valence-corrected chi connectivity index (χ0v) is 23.2. The molecule has 0 aliphatic heterocycles. The van der Waals surface area contributed by atoms with Crippen molar-refractivity contribution in [3.63, 3.8) is 0 Å². The van der Waals surface area contributed by atoms with Crippen LogP contribution in [0.2, 0.25) is 0 Å². The number of nitrogens with one attached hydrogen (secondary N) is 4. The largest absolute Gasteiger partial charge is 0.379 e. The Morgan fingerprint density at radius 2 is 1.68 bits per heavy atom. The highest BCUT2D eigenvalue weighted by Crippen LogP contribution is 2.30. The molecule has 5 rings (SSSR count). The second-order valence-corrected chi connectivity index (χ2v) is 10.9. The normalized spacial score (nSPS) is 18.9. The number of aromatic nitrogens is 4. The number of anilines is 3.